The number of hydrogen-bond acceptors (Lipinski definition) is 6. The molecule has 0 spiro atoms. The average molecular weight is 288 g/mol. The highest BCUT2D eigenvalue weighted by atomic mass is 16.6. The summed E-state index contributed by atoms with van der Waals surface area (Å²) >= 11 is 0. The van der Waals surface area contributed by atoms with Gasteiger partial charge in [0.2, 0.25) is 0 Å². The minimum atomic E-state index is -2.56. The second kappa shape index (κ2) is 5.10. The van der Waals surface area contributed by atoms with Gasteiger partial charge in [-0.3, -0.25) is 9.59 Å². The molecule has 0 aromatic carbocycles. The van der Waals surface area contributed by atoms with E-state index in [2.05, 4.69) is 0 Å². The third kappa shape index (κ3) is 1.83. The van der Waals surface area contributed by atoms with Crippen molar-refractivity contribution in [2.45, 2.75) is 44.8 Å². The van der Waals surface area contributed by atoms with Gasteiger partial charge in [0.05, 0.1) is 0 Å². The van der Waals surface area contributed by atoms with E-state index in [1.165, 1.54) is 13.8 Å². The second-order valence-corrected chi connectivity index (χ2v) is 4.50. The lowest BCUT2D eigenvalue weighted by molar-refractivity contribution is -0.212. The molecule has 1 rings (SSSR count). The molecule has 1 saturated heterocycles. The Hall–Kier alpha value is -2.12. The lowest BCUT2D eigenvalue weighted by atomic mass is 9.73. The number of carbonyl (C=O) groups excluding carboxylic acids is 2. The van der Waals surface area contributed by atoms with Crippen molar-refractivity contribution in [3.05, 3.63) is 0 Å². The monoisotopic (exact) mass is 288 g/mol. The fraction of sp³-hybridized carbons (Fsp3) is 0.667. The molecule has 1 aliphatic heterocycles. The highest BCUT2D eigenvalue weighted by molar-refractivity contribution is 6.01. The van der Waals surface area contributed by atoms with Crippen molar-refractivity contribution in [3.8, 4) is 0 Å². The van der Waals surface area contributed by atoms with Crippen LogP contribution in [0.1, 0.15) is 33.6 Å². The van der Waals surface area contributed by atoms with Crippen molar-refractivity contribution in [1.82, 2.24) is 0 Å². The Kier molecular flexibility index (Phi) is 4.07. The molecular formula is C12H16O8. The van der Waals surface area contributed by atoms with Crippen molar-refractivity contribution in [2.24, 2.45) is 5.92 Å². The van der Waals surface area contributed by atoms with Crippen LogP contribution in [0.15, 0.2) is 0 Å². The molecule has 3 unspecified atom stereocenters. The van der Waals surface area contributed by atoms with E-state index < -0.39 is 41.0 Å². The molecular weight excluding hydrogens is 272 g/mol. The maximum atomic E-state index is 11.8. The number of carboxylic acids is 2. The SMILES string of the molecule is CCC1C(=O)OC(CC)(C(=O)O)C1(OC(C)=O)C(=O)O. The summed E-state index contributed by atoms with van der Waals surface area (Å²) in [6.07, 6.45) is -0.377. The number of hydrogen-bond donors (Lipinski definition) is 2. The topological polar surface area (TPSA) is 127 Å². The largest absolute Gasteiger partial charge is 0.478 e. The molecule has 112 valence electrons. The Bertz CT molecular complexity index is 470. The van der Waals surface area contributed by atoms with E-state index in [9.17, 15) is 29.4 Å². The van der Waals surface area contributed by atoms with Crippen molar-refractivity contribution in [1.29, 1.82) is 0 Å². The fourth-order valence-corrected chi connectivity index (χ4v) is 2.65. The summed E-state index contributed by atoms with van der Waals surface area (Å²) in [4.78, 5) is 46.3. The van der Waals surface area contributed by atoms with E-state index in [1.807, 2.05) is 0 Å². The molecule has 1 fully saturated rings. The van der Waals surface area contributed by atoms with E-state index in [-0.39, 0.29) is 12.8 Å². The van der Waals surface area contributed by atoms with E-state index >= 15 is 0 Å². The van der Waals surface area contributed by atoms with Crippen LogP contribution in [0.25, 0.3) is 0 Å². The third-order valence-electron chi connectivity index (χ3n) is 3.52. The maximum absolute atomic E-state index is 11.8. The smallest absolute Gasteiger partial charge is 0.354 e. The molecule has 0 saturated carbocycles. The summed E-state index contributed by atoms with van der Waals surface area (Å²) in [7, 11) is 0. The minimum Gasteiger partial charge on any atom is -0.478 e. The van der Waals surface area contributed by atoms with Gasteiger partial charge in [-0.15, -0.1) is 0 Å². The van der Waals surface area contributed by atoms with Gasteiger partial charge < -0.3 is 19.7 Å². The standard InChI is InChI=1S/C12H16O8/c1-4-7-8(14)20-11(5-2,9(15)16)12(7,10(17)18)19-6(3)13/h7H,4-5H2,1-3H3,(H,15,16)(H,17,18). The quantitative estimate of drug-likeness (QED) is 0.686. The van der Waals surface area contributed by atoms with Gasteiger partial charge in [-0.05, 0) is 6.42 Å². The lowest BCUT2D eigenvalue weighted by Crippen LogP contribution is -2.65. The van der Waals surface area contributed by atoms with E-state index in [1.54, 1.807) is 0 Å². The van der Waals surface area contributed by atoms with E-state index in [0.717, 1.165) is 6.92 Å². The predicted octanol–water partition coefficient (Wildman–Crippen LogP) is 0.189. The summed E-state index contributed by atoms with van der Waals surface area (Å²) in [5.74, 6) is -6.74. The molecule has 20 heavy (non-hydrogen) atoms. The first-order valence-electron chi connectivity index (χ1n) is 6.08. The fourth-order valence-electron chi connectivity index (χ4n) is 2.65. The van der Waals surface area contributed by atoms with Crippen LogP contribution in [0.4, 0.5) is 0 Å². The summed E-state index contributed by atoms with van der Waals surface area (Å²) in [5, 5.41) is 18.8. The molecule has 0 bridgehead atoms. The zero-order valence-electron chi connectivity index (χ0n) is 11.3. The van der Waals surface area contributed by atoms with Gasteiger partial charge in [-0.25, -0.2) is 9.59 Å². The highest BCUT2D eigenvalue weighted by Gasteiger charge is 2.76. The molecule has 0 radical (unpaired) electrons. The van der Waals surface area contributed by atoms with Gasteiger partial charge in [0, 0.05) is 13.3 Å². The van der Waals surface area contributed by atoms with Gasteiger partial charge in [-0.1, -0.05) is 13.8 Å². The number of carboxylic acid groups (broad SMARTS) is 2. The molecule has 0 aromatic rings. The van der Waals surface area contributed by atoms with Crippen LogP contribution in [0.2, 0.25) is 0 Å². The summed E-state index contributed by atoms with van der Waals surface area (Å²) in [6.45, 7) is 3.78. The van der Waals surface area contributed by atoms with Gasteiger partial charge in [-0.2, -0.15) is 0 Å². The van der Waals surface area contributed by atoms with E-state index in [4.69, 9.17) is 9.47 Å². The Morgan fingerprint density at radius 2 is 1.80 bits per heavy atom. The molecule has 1 heterocycles. The zero-order chi connectivity index (χ0) is 15.7. The predicted molar refractivity (Wildman–Crippen MR) is 62.7 cm³/mol. The van der Waals surface area contributed by atoms with Crippen LogP contribution >= 0.6 is 0 Å². The highest BCUT2D eigenvalue weighted by Crippen LogP contribution is 2.48. The molecule has 0 aliphatic carbocycles. The molecule has 8 heteroatoms. The minimum absolute atomic E-state index is 0.0343. The number of ether oxygens (including phenoxy) is 2. The van der Waals surface area contributed by atoms with Gasteiger partial charge >= 0.3 is 23.9 Å². The molecule has 2 N–H and O–H groups in total. The lowest BCUT2D eigenvalue weighted by Gasteiger charge is -2.37. The van der Waals surface area contributed by atoms with Gasteiger partial charge in [0.1, 0.15) is 5.92 Å². The Morgan fingerprint density at radius 1 is 1.25 bits per heavy atom. The Balaban J connectivity index is 3.64. The molecule has 0 amide bonds. The number of cyclic esters (lactones) is 1. The van der Waals surface area contributed by atoms with E-state index in [0.29, 0.717) is 0 Å². The average Bonchev–Trinajstić information content (AvgIpc) is 2.58. The van der Waals surface area contributed by atoms with Crippen LogP contribution in [-0.2, 0) is 28.7 Å². The number of esters is 2. The third-order valence-corrected chi connectivity index (χ3v) is 3.52. The van der Waals surface area contributed by atoms with Crippen LogP contribution in [-0.4, -0.2) is 45.3 Å². The van der Waals surface area contributed by atoms with Crippen molar-refractivity contribution in [3.63, 3.8) is 0 Å². The first-order chi connectivity index (χ1) is 9.19. The summed E-state index contributed by atoms with van der Waals surface area (Å²) in [5.41, 5.74) is -4.99. The van der Waals surface area contributed by atoms with Crippen LogP contribution in [0.3, 0.4) is 0 Å². The zero-order valence-corrected chi connectivity index (χ0v) is 11.3. The van der Waals surface area contributed by atoms with Gasteiger partial charge in [0.25, 0.3) is 11.2 Å². The number of carbonyl (C=O) groups is 4. The molecule has 1 aliphatic rings. The Labute approximate surface area is 114 Å². The maximum Gasteiger partial charge on any atom is 0.354 e. The normalized spacial score (nSPS) is 32.5. The Morgan fingerprint density at radius 3 is 2.10 bits per heavy atom. The molecule has 3 atom stereocenters. The molecule has 8 nitrogen and oxygen atoms in total. The van der Waals surface area contributed by atoms with Crippen LogP contribution in [0, 0.1) is 5.92 Å². The van der Waals surface area contributed by atoms with Crippen LogP contribution in [0.5, 0.6) is 0 Å². The van der Waals surface area contributed by atoms with Crippen molar-refractivity contribution >= 4 is 23.9 Å². The first kappa shape index (κ1) is 15.9. The van der Waals surface area contributed by atoms with Crippen LogP contribution < -0.4 is 0 Å². The molecule has 0 aromatic heterocycles. The first-order valence-corrected chi connectivity index (χ1v) is 6.08. The summed E-state index contributed by atoms with van der Waals surface area (Å²) in [6, 6.07) is 0. The summed E-state index contributed by atoms with van der Waals surface area (Å²) < 4.78 is 9.68. The van der Waals surface area contributed by atoms with Gasteiger partial charge in [0.15, 0.2) is 0 Å². The van der Waals surface area contributed by atoms with Crippen molar-refractivity contribution in [2.75, 3.05) is 0 Å². The number of rotatable bonds is 5. The second-order valence-electron chi connectivity index (χ2n) is 4.50. The van der Waals surface area contributed by atoms with Crippen molar-refractivity contribution < 1.29 is 38.9 Å². The number of aliphatic carboxylic acids is 2.